The van der Waals surface area contributed by atoms with Gasteiger partial charge in [-0.1, -0.05) is 6.92 Å². The molecule has 0 unspecified atom stereocenters. The zero-order valence-electron chi connectivity index (χ0n) is 18.7. The van der Waals surface area contributed by atoms with Gasteiger partial charge in [-0.25, -0.2) is 9.97 Å². The van der Waals surface area contributed by atoms with E-state index >= 15 is 0 Å². The number of nitriles is 1. The van der Waals surface area contributed by atoms with Crippen molar-refractivity contribution in [2.24, 2.45) is 13.0 Å². The van der Waals surface area contributed by atoms with Crippen molar-refractivity contribution in [1.82, 2.24) is 19.4 Å². The summed E-state index contributed by atoms with van der Waals surface area (Å²) in [7, 11) is 1.75. The molecule has 0 saturated carbocycles. The second kappa shape index (κ2) is 9.40. The van der Waals surface area contributed by atoms with Crippen molar-refractivity contribution in [1.29, 1.82) is 5.26 Å². The van der Waals surface area contributed by atoms with Gasteiger partial charge in [0.1, 0.15) is 17.5 Å². The first kappa shape index (κ1) is 23.1. The molecule has 0 N–H and O–H groups in total. The molecular weight excluding hydrogens is 431 g/mol. The molecule has 174 valence electrons. The maximum Gasteiger partial charge on any atom is 0.419 e. The molecule has 1 saturated heterocycles. The van der Waals surface area contributed by atoms with Gasteiger partial charge in [0, 0.05) is 24.2 Å². The molecular formula is C24H26F3N5O. The molecule has 3 heterocycles. The predicted molar refractivity (Wildman–Crippen MR) is 119 cm³/mol. The van der Waals surface area contributed by atoms with E-state index < -0.39 is 11.7 Å². The van der Waals surface area contributed by atoms with Crippen LogP contribution >= 0.6 is 0 Å². The van der Waals surface area contributed by atoms with Crippen LogP contribution in [-0.2, 0) is 13.2 Å². The summed E-state index contributed by atoms with van der Waals surface area (Å²) in [4.78, 5) is 10.7. The van der Waals surface area contributed by atoms with Crippen LogP contribution < -0.4 is 4.74 Å². The largest absolute Gasteiger partial charge is 0.493 e. The average molecular weight is 458 g/mol. The number of likely N-dealkylation sites (tertiary alicyclic amines) is 1. The van der Waals surface area contributed by atoms with Crippen LogP contribution in [0.1, 0.15) is 37.6 Å². The first-order valence-electron chi connectivity index (χ1n) is 11.1. The molecule has 0 radical (unpaired) electrons. The monoisotopic (exact) mass is 457 g/mol. The number of benzene rings is 1. The minimum atomic E-state index is -4.58. The Morgan fingerprint density at radius 3 is 2.61 bits per heavy atom. The van der Waals surface area contributed by atoms with Crippen LogP contribution in [0.3, 0.4) is 0 Å². The van der Waals surface area contributed by atoms with Crippen LogP contribution in [0.2, 0.25) is 0 Å². The highest BCUT2D eigenvalue weighted by Gasteiger charge is 2.35. The zero-order valence-corrected chi connectivity index (χ0v) is 18.7. The third-order valence-electron chi connectivity index (χ3n) is 6.32. The molecule has 0 atom stereocenters. The standard InChI is InChI=1S/C24H26F3N5O/c1-3-32-11-6-16(7-12-32)9-13-33-20-5-4-17(14-19(20)24(25,26)27)22-18-8-10-31(2)23(18)30-21(15-28)29-22/h4-5,8,10,14,16H,3,6-7,9,11-13H2,1-2H3. The Morgan fingerprint density at radius 2 is 1.94 bits per heavy atom. The van der Waals surface area contributed by atoms with E-state index in [1.54, 1.807) is 29.9 Å². The lowest BCUT2D eigenvalue weighted by Crippen LogP contribution is -2.33. The maximum absolute atomic E-state index is 13.9. The van der Waals surface area contributed by atoms with Gasteiger partial charge in [0.15, 0.2) is 0 Å². The number of hydrogen-bond donors (Lipinski definition) is 0. The smallest absolute Gasteiger partial charge is 0.419 e. The van der Waals surface area contributed by atoms with Gasteiger partial charge >= 0.3 is 6.18 Å². The van der Waals surface area contributed by atoms with Gasteiger partial charge < -0.3 is 14.2 Å². The summed E-state index contributed by atoms with van der Waals surface area (Å²) in [5.41, 5.74) is 0.190. The van der Waals surface area contributed by atoms with Crippen LogP contribution in [0.4, 0.5) is 13.2 Å². The van der Waals surface area contributed by atoms with Gasteiger partial charge in [0.05, 0.1) is 17.9 Å². The highest BCUT2D eigenvalue weighted by molar-refractivity contribution is 5.91. The third kappa shape index (κ3) is 4.96. The molecule has 9 heteroatoms. The zero-order chi connectivity index (χ0) is 23.6. The van der Waals surface area contributed by atoms with E-state index in [0.717, 1.165) is 45.0 Å². The number of hydrogen-bond acceptors (Lipinski definition) is 5. The number of halogens is 3. The van der Waals surface area contributed by atoms with Gasteiger partial charge in [-0.2, -0.15) is 18.4 Å². The summed E-state index contributed by atoms with van der Waals surface area (Å²) in [6, 6.07) is 7.56. The van der Waals surface area contributed by atoms with Crippen molar-refractivity contribution in [3.05, 3.63) is 41.9 Å². The Balaban J connectivity index is 1.58. The molecule has 2 aromatic heterocycles. The molecule has 1 aliphatic heterocycles. The van der Waals surface area contributed by atoms with E-state index in [9.17, 15) is 18.4 Å². The van der Waals surface area contributed by atoms with Crippen molar-refractivity contribution in [2.75, 3.05) is 26.2 Å². The minimum absolute atomic E-state index is 0.0951. The van der Waals surface area contributed by atoms with Crippen LogP contribution in [0.25, 0.3) is 22.3 Å². The molecule has 1 aliphatic rings. The van der Waals surface area contributed by atoms with Crippen molar-refractivity contribution in [2.45, 2.75) is 32.4 Å². The topological polar surface area (TPSA) is 67.0 Å². The first-order valence-corrected chi connectivity index (χ1v) is 11.1. The second-order valence-corrected chi connectivity index (χ2v) is 8.40. The lowest BCUT2D eigenvalue weighted by Gasteiger charge is -2.31. The first-order chi connectivity index (χ1) is 15.8. The molecule has 0 spiro atoms. The highest BCUT2D eigenvalue weighted by Crippen LogP contribution is 2.40. The van der Waals surface area contributed by atoms with E-state index in [4.69, 9.17) is 4.74 Å². The van der Waals surface area contributed by atoms with Crippen LogP contribution in [-0.4, -0.2) is 45.7 Å². The quantitative estimate of drug-likeness (QED) is 0.520. The fraction of sp³-hybridized carbons (Fsp3) is 0.458. The van der Waals surface area contributed by atoms with Gasteiger partial charge in [0.2, 0.25) is 5.82 Å². The number of nitrogens with zero attached hydrogens (tertiary/aromatic N) is 5. The third-order valence-corrected chi connectivity index (χ3v) is 6.32. The summed E-state index contributed by atoms with van der Waals surface area (Å²) in [6.07, 6.45) is -0.0247. The highest BCUT2D eigenvalue weighted by atomic mass is 19.4. The van der Waals surface area contributed by atoms with Crippen LogP contribution in [0.15, 0.2) is 30.5 Å². The predicted octanol–water partition coefficient (Wildman–Crippen LogP) is 5.03. The Morgan fingerprint density at radius 1 is 1.18 bits per heavy atom. The molecule has 0 amide bonds. The summed E-state index contributed by atoms with van der Waals surface area (Å²) in [5.74, 6) is 0.191. The minimum Gasteiger partial charge on any atom is -0.493 e. The number of fused-ring (bicyclic) bond motifs is 1. The van der Waals surface area contributed by atoms with Crippen molar-refractivity contribution < 1.29 is 17.9 Å². The molecule has 6 nitrogen and oxygen atoms in total. The Labute approximate surface area is 190 Å². The van der Waals surface area contributed by atoms with Gasteiger partial charge in [-0.3, -0.25) is 0 Å². The Kier molecular flexibility index (Phi) is 6.56. The lowest BCUT2D eigenvalue weighted by atomic mass is 9.94. The lowest BCUT2D eigenvalue weighted by molar-refractivity contribution is -0.138. The number of ether oxygens (including phenoxy) is 1. The van der Waals surface area contributed by atoms with Crippen LogP contribution in [0.5, 0.6) is 5.75 Å². The molecule has 0 bridgehead atoms. The number of aryl methyl sites for hydroxylation is 1. The second-order valence-electron chi connectivity index (χ2n) is 8.40. The van der Waals surface area contributed by atoms with Crippen molar-refractivity contribution in [3.8, 4) is 23.1 Å². The normalized spacial score (nSPS) is 15.6. The fourth-order valence-corrected chi connectivity index (χ4v) is 4.36. The Bertz CT molecular complexity index is 1170. The SMILES string of the molecule is CCN1CCC(CCOc2ccc(-c3nc(C#N)nc4c3ccn4C)cc2C(F)(F)F)CC1. The molecule has 33 heavy (non-hydrogen) atoms. The van der Waals surface area contributed by atoms with Gasteiger partial charge in [-0.15, -0.1) is 0 Å². The maximum atomic E-state index is 13.9. The van der Waals surface area contributed by atoms with E-state index in [-0.39, 0.29) is 29.4 Å². The molecule has 0 aliphatic carbocycles. The van der Waals surface area contributed by atoms with E-state index in [1.807, 2.05) is 6.07 Å². The van der Waals surface area contributed by atoms with E-state index in [0.29, 0.717) is 17.0 Å². The average Bonchev–Trinajstić information content (AvgIpc) is 3.19. The summed E-state index contributed by atoms with van der Waals surface area (Å²) < 4.78 is 49.0. The Hall–Kier alpha value is -3.12. The molecule has 1 fully saturated rings. The van der Waals surface area contributed by atoms with E-state index in [1.165, 1.54) is 6.07 Å². The molecule has 4 rings (SSSR count). The van der Waals surface area contributed by atoms with Gasteiger partial charge in [0.25, 0.3) is 0 Å². The number of aromatic nitrogens is 3. The van der Waals surface area contributed by atoms with Crippen molar-refractivity contribution >= 4 is 11.0 Å². The molecule has 1 aromatic carbocycles. The number of alkyl halides is 3. The summed E-state index contributed by atoms with van der Waals surface area (Å²) >= 11 is 0. The fourth-order valence-electron chi connectivity index (χ4n) is 4.36. The van der Waals surface area contributed by atoms with Crippen molar-refractivity contribution in [3.63, 3.8) is 0 Å². The molecule has 3 aromatic rings. The number of piperidine rings is 1. The van der Waals surface area contributed by atoms with E-state index in [2.05, 4.69) is 21.8 Å². The summed E-state index contributed by atoms with van der Waals surface area (Å²) in [5, 5.41) is 9.85. The summed E-state index contributed by atoms with van der Waals surface area (Å²) in [6.45, 7) is 5.47. The van der Waals surface area contributed by atoms with Crippen LogP contribution in [0, 0.1) is 17.2 Å². The number of rotatable bonds is 6. The van der Waals surface area contributed by atoms with Gasteiger partial charge in [-0.05, 0) is 69.1 Å².